The summed E-state index contributed by atoms with van der Waals surface area (Å²) in [4.78, 5) is 41.3. The first-order chi connectivity index (χ1) is 16.8. The molecule has 4 amide bonds. The van der Waals surface area contributed by atoms with Crippen molar-refractivity contribution in [2.45, 2.75) is 26.2 Å². The Kier molecular flexibility index (Phi) is 7.92. The quantitative estimate of drug-likeness (QED) is 0.579. The predicted molar refractivity (Wildman–Crippen MR) is 136 cm³/mol. The zero-order chi connectivity index (χ0) is 25.0. The Morgan fingerprint density at radius 2 is 1.66 bits per heavy atom. The Bertz CT molecular complexity index is 1200. The Labute approximate surface area is 209 Å². The van der Waals surface area contributed by atoms with Gasteiger partial charge in [0.15, 0.2) is 0 Å². The highest BCUT2D eigenvalue weighted by Gasteiger charge is 2.32. The maximum atomic E-state index is 13.5. The SMILES string of the molecule is CCNC(=O)Nc1sc2ccccc2c1C(=O)N1CCN(S(=O)(=O)CCC(=O)N2CCCC2)CC1. The minimum Gasteiger partial charge on any atom is -0.343 e. The van der Waals surface area contributed by atoms with Gasteiger partial charge in [-0.1, -0.05) is 18.2 Å². The summed E-state index contributed by atoms with van der Waals surface area (Å²) in [5.74, 6) is -0.571. The minimum atomic E-state index is -3.59. The van der Waals surface area contributed by atoms with Crippen molar-refractivity contribution >= 4 is 54.3 Å². The highest BCUT2D eigenvalue weighted by atomic mass is 32.2. The fourth-order valence-corrected chi connectivity index (χ4v) is 6.95. The third-order valence-electron chi connectivity index (χ3n) is 6.33. The van der Waals surface area contributed by atoms with Gasteiger partial charge in [-0.25, -0.2) is 13.2 Å². The molecule has 3 heterocycles. The van der Waals surface area contributed by atoms with Crippen LogP contribution < -0.4 is 10.6 Å². The summed E-state index contributed by atoms with van der Waals surface area (Å²) < 4.78 is 27.9. The van der Waals surface area contributed by atoms with Crippen molar-refractivity contribution in [1.29, 1.82) is 0 Å². The van der Waals surface area contributed by atoms with Crippen molar-refractivity contribution in [2.75, 3.05) is 56.9 Å². The van der Waals surface area contributed by atoms with Gasteiger partial charge in [-0.15, -0.1) is 11.3 Å². The molecule has 0 saturated carbocycles. The molecule has 1 aromatic carbocycles. The van der Waals surface area contributed by atoms with Crippen molar-refractivity contribution in [3.63, 3.8) is 0 Å². The molecule has 0 radical (unpaired) electrons. The van der Waals surface area contributed by atoms with Crippen LogP contribution in [0.4, 0.5) is 9.80 Å². The van der Waals surface area contributed by atoms with E-state index in [9.17, 15) is 22.8 Å². The van der Waals surface area contributed by atoms with E-state index in [-0.39, 0.29) is 56.2 Å². The second-order valence-electron chi connectivity index (χ2n) is 8.63. The molecule has 4 rings (SSSR count). The molecule has 1 aromatic heterocycles. The van der Waals surface area contributed by atoms with Crippen LogP contribution in [0, 0.1) is 0 Å². The van der Waals surface area contributed by atoms with Gasteiger partial charge < -0.3 is 15.1 Å². The molecule has 10 nitrogen and oxygen atoms in total. The molecule has 2 fully saturated rings. The van der Waals surface area contributed by atoms with E-state index in [1.54, 1.807) is 9.80 Å². The Morgan fingerprint density at radius 1 is 0.971 bits per heavy atom. The van der Waals surface area contributed by atoms with Gasteiger partial charge in [-0.05, 0) is 25.8 Å². The van der Waals surface area contributed by atoms with Crippen molar-refractivity contribution in [2.24, 2.45) is 0 Å². The lowest BCUT2D eigenvalue weighted by Gasteiger charge is -2.34. The van der Waals surface area contributed by atoms with Crippen molar-refractivity contribution in [3.05, 3.63) is 29.8 Å². The number of thiophene rings is 1. The summed E-state index contributed by atoms with van der Waals surface area (Å²) in [5, 5.41) is 6.68. The molecule has 0 atom stereocenters. The van der Waals surface area contributed by atoms with Crippen molar-refractivity contribution < 1.29 is 22.8 Å². The third-order valence-corrected chi connectivity index (χ3v) is 9.28. The smallest absolute Gasteiger partial charge is 0.319 e. The number of hydrogen-bond acceptors (Lipinski definition) is 6. The van der Waals surface area contributed by atoms with Gasteiger partial charge in [0, 0.05) is 62.3 Å². The average Bonchev–Trinajstić information content (AvgIpc) is 3.50. The highest BCUT2D eigenvalue weighted by molar-refractivity contribution is 7.89. The van der Waals surface area contributed by atoms with Gasteiger partial charge in [-0.3, -0.25) is 14.9 Å². The van der Waals surface area contributed by atoms with Gasteiger partial charge in [0.2, 0.25) is 15.9 Å². The molecular formula is C23H31N5O5S2. The molecule has 0 aliphatic carbocycles. The van der Waals surface area contributed by atoms with Crippen LogP contribution in [0.2, 0.25) is 0 Å². The fourth-order valence-electron chi connectivity index (χ4n) is 4.45. The molecule has 0 unspecified atom stereocenters. The summed E-state index contributed by atoms with van der Waals surface area (Å²) in [6.45, 7) is 4.50. The maximum Gasteiger partial charge on any atom is 0.319 e. The number of fused-ring (bicyclic) bond motifs is 1. The molecule has 2 N–H and O–H groups in total. The average molecular weight is 522 g/mol. The van der Waals surface area contributed by atoms with Crippen molar-refractivity contribution in [1.82, 2.24) is 19.4 Å². The first-order valence-corrected chi connectivity index (χ1v) is 14.3. The largest absolute Gasteiger partial charge is 0.343 e. The summed E-state index contributed by atoms with van der Waals surface area (Å²) in [6, 6.07) is 7.08. The molecular weight excluding hydrogens is 490 g/mol. The number of carbonyl (C=O) groups excluding carboxylic acids is 3. The number of piperazine rings is 1. The number of hydrogen-bond donors (Lipinski definition) is 2. The van der Waals surface area contributed by atoms with Crippen molar-refractivity contribution in [3.8, 4) is 0 Å². The first kappa shape index (κ1) is 25.4. The van der Waals surface area contributed by atoms with Gasteiger partial charge in [0.1, 0.15) is 5.00 Å². The number of likely N-dealkylation sites (tertiary alicyclic amines) is 1. The lowest BCUT2D eigenvalue weighted by Crippen LogP contribution is -2.51. The van der Waals surface area contributed by atoms with Crippen LogP contribution in [-0.4, -0.2) is 91.9 Å². The molecule has 12 heteroatoms. The van der Waals surface area contributed by atoms with Gasteiger partial charge in [0.25, 0.3) is 5.91 Å². The molecule has 0 bridgehead atoms. The van der Waals surface area contributed by atoms with Crippen LogP contribution in [0.15, 0.2) is 24.3 Å². The molecule has 2 aromatic rings. The van der Waals surface area contributed by atoms with Crippen LogP contribution in [0.3, 0.4) is 0 Å². The second-order valence-corrected chi connectivity index (χ2v) is 11.8. The Morgan fingerprint density at radius 3 is 2.34 bits per heavy atom. The molecule has 2 aliphatic heterocycles. The lowest BCUT2D eigenvalue weighted by molar-refractivity contribution is -0.129. The normalized spacial score (nSPS) is 17.1. The number of urea groups is 1. The van der Waals surface area contributed by atoms with E-state index in [0.717, 1.165) is 22.9 Å². The number of nitrogens with one attached hydrogen (secondary N) is 2. The van der Waals surface area contributed by atoms with Crippen LogP contribution >= 0.6 is 11.3 Å². The molecule has 2 saturated heterocycles. The number of benzene rings is 1. The van der Waals surface area contributed by atoms with Crippen LogP contribution in [-0.2, 0) is 14.8 Å². The van der Waals surface area contributed by atoms with E-state index in [1.807, 2.05) is 31.2 Å². The van der Waals surface area contributed by atoms with Crippen LogP contribution in [0.25, 0.3) is 10.1 Å². The summed E-state index contributed by atoms with van der Waals surface area (Å²) >= 11 is 1.33. The maximum absolute atomic E-state index is 13.5. The minimum absolute atomic E-state index is 0.0166. The van der Waals surface area contributed by atoms with E-state index >= 15 is 0 Å². The lowest BCUT2D eigenvalue weighted by atomic mass is 10.1. The topological polar surface area (TPSA) is 119 Å². The van der Waals surface area contributed by atoms with Gasteiger partial charge in [0.05, 0.1) is 11.3 Å². The van der Waals surface area contributed by atoms with Crippen LogP contribution in [0.1, 0.15) is 36.5 Å². The third kappa shape index (κ3) is 5.76. The molecule has 35 heavy (non-hydrogen) atoms. The standard InChI is InChI=1S/C23H31N5O5S2/c1-2-24-23(31)25-21-20(17-7-3-4-8-18(17)34-21)22(30)27-12-14-28(15-13-27)35(32,33)16-9-19(29)26-10-5-6-11-26/h3-4,7-8H,2,5-6,9-16H2,1H3,(H2,24,25,31). The summed E-state index contributed by atoms with van der Waals surface area (Å²) in [6.07, 6.45) is 1.92. The van der Waals surface area contributed by atoms with E-state index in [2.05, 4.69) is 10.6 Å². The van der Waals surface area contributed by atoms with E-state index in [0.29, 0.717) is 30.2 Å². The number of rotatable bonds is 7. The zero-order valence-corrected chi connectivity index (χ0v) is 21.4. The van der Waals surface area contributed by atoms with E-state index in [1.165, 1.54) is 15.6 Å². The summed E-state index contributed by atoms with van der Waals surface area (Å²) in [5.41, 5.74) is 0.421. The number of sulfonamides is 1. The number of anilines is 1. The number of carbonyl (C=O) groups is 3. The Balaban J connectivity index is 1.41. The van der Waals surface area contributed by atoms with Gasteiger partial charge in [-0.2, -0.15) is 4.31 Å². The highest BCUT2D eigenvalue weighted by Crippen LogP contribution is 2.36. The first-order valence-electron chi connectivity index (χ1n) is 11.9. The molecule has 190 valence electrons. The molecule has 0 spiro atoms. The predicted octanol–water partition coefficient (Wildman–Crippen LogP) is 2.14. The zero-order valence-electron chi connectivity index (χ0n) is 19.8. The van der Waals surface area contributed by atoms with Crippen LogP contribution in [0.5, 0.6) is 0 Å². The number of nitrogens with zero attached hydrogens (tertiary/aromatic N) is 3. The molecule has 2 aliphatic rings. The van der Waals surface area contributed by atoms with E-state index in [4.69, 9.17) is 0 Å². The second kappa shape index (κ2) is 10.9. The fraction of sp³-hybridized carbons (Fsp3) is 0.522. The monoisotopic (exact) mass is 521 g/mol. The van der Waals surface area contributed by atoms with Gasteiger partial charge >= 0.3 is 6.03 Å². The number of amides is 4. The summed E-state index contributed by atoms with van der Waals surface area (Å²) in [7, 11) is -3.59. The van der Waals surface area contributed by atoms with E-state index < -0.39 is 10.0 Å². The Hall–Kier alpha value is -2.70.